The quantitative estimate of drug-likeness (QED) is 0.640. The average Bonchev–Trinajstić information content (AvgIpc) is 3.25. The number of hydrogen-bond acceptors (Lipinski definition) is 4. The monoisotopic (exact) mass is 434 g/mol. The minimum Gasteiger partial charge on any atom is -0.325 e. The van der Waals surface area contributed by atoms with Crippen LogP contribution in [-0.2, 0) is 16.1 Å². The van der Waals surface area contributed by atoms with Gasteiger partial charge in [-0.05, 0) is 29.7 Å². The number of piperidine rings is 1. The lowest BCUT2D eigenvalue weighted by Gasteiger charge is -2.28. The van der Waals surface area contributed by atoms with Crippen molar-refractivity contribution in [3.8, 4) is 11.1 Å². The maximum atomic E-state index is 12.7. The van der Waals surface area contributed by atoms with Gasteiger partial charge >= 0.3 is 0 Å². The van der Waals surface area contributed by atoms with Crippen LogP contribution in [0.15, 0.2) is 55.0 Å². The van der Waals surface area contributed by atoms with Gasteiger partial charge in [0.05, 0.1) is 23.5 Å². The number of nitrogens with zero attached hydrogens (tertiary/aromatic N) is 3. The van der Waals surface area contributed by atoms with E-state index in [9.17, 15) is 14.4 Å². The molecule has 2 aromatic carbocycles. The lowest BCUT2D eigenvalue weighted by Crippen LogP contribution is -2.39. The van der Waals surface area contributed by atoms with Crippen LogP contribution in [0, 0.1) is 0 Å². The third-order valence-electron chi connectivity index (χ3n) is 5.87. The van der Waals surface area contributed by atoms with Gasteiger partial charge in [-0.3, -0.25) is 19.7 Å². The number of imidazole rings is 1. The van der Waals surface area contributed by atoms with Crippen molar-refractivity contribution in [2.45, 2.75) is 25.3 Å². The molecule has 1 atom stereocenters. The molecule has 0 spiro atoms. The van der Waals surface area contributed by atoms with Gasteiger partial charge < -0.3 is 9.47 Å². The molecule has 2 aliphatic heterocycles. The van der Waals surface area contributed by atoms with Gasteiger partial charge in [0.15, 0.2) is 0 Å². The molecule has 2 aliphatic rings. The first-order valence-electron chi connectivity index (χ1n) is 10.1. The molecular weight excluding hydrogens is 416 g/mol. The maximum Gasteiger partial charge on any atom is 0.276 e. The fraction of sp³-hybridized carbons (Fsp3) is 0.217. The molecule has 3 amide bonds. The fourth-order valence-electron chi connectivity index (χ4n) is 4.22. The van der Waals surface area contributed by atoms with Gasteiger partial charge in [0, 0.05) is 30.8 Å². The fourth-order valence-corrected chi connectivity index (χ4v) is 4.59. The topological polar surface area (TPSA) is 84.3 Å². The molecule has 0 bridgehead atoms. The Bertz CT molecular complexity index is 1200. The van der Waals surface area contributed by atoms with E-state index in [0.29, 0.717) is 42.2 Å². The van der Waals surface area contributed by atoms with Crippen LogP contribution in [0.3, 0.4) is 0 Å². The Labute approximate surface area is 183 Å². The van der Waals surface area contributed by atoms with Crippen LogP contribution in [-0.4, -0.2) is 33.8 Å². The largest absolute Gasteiger partial charge is 0.325 e. The zero-order valence-corrected chi connectivity index (χ0v) is 17.3. The molecule has 1 fully saturated rings. The third-order valence-corrected chi connectivity index (χ3v) is 6.30. The normalized spacial score (nSPS) is 18.7. The lowest BCUT2D eigenvalue weighted by atomic mass is 9.88. The van der Waals surface area contributed by atoms with E-state index in [4.69, 9.17) is 11.6 Å². The SMILES string of the molecule is O=C1CCC(c2cccc(-c3ccc(N4CCn5cncc5C4=O)cc3)c2Cl)C(=O)N1. The molecule has 1 unspecified atom stereocenters. The smallest absolute Gasteiger partial charge is 0.276 e. The first-order valence-corrected chi connectivity index (χ1v) is 10.5. The Hall–Kier alpha value is -3.45. The number of halogens is 1. The summed E-state index contributed by atoms with van der Waals surface area (Å²) in [6.45, 7) is 1.27. The zero-order valence-electron chi connectivity index (χ0n) is 16.5. The molecule has 1 aromatic heterocycles. The number of hydrogen-bond donors (Lipinski definition) is 1. The Morgan fingerprint density at radius 1 is 1.03 bits per heavy atom. The van der Waals surface area contributed by atoms with Crippen LogP contribution >= 0.6 is 11.6 Å². The van der Waals surface area contributed by atoms with Crippen molar-refractivity contribution in [3.63, 3.8) is 0 Å². The summed E-state index contributed by atoms with van der Waals surface area (Å²) in [6.07, 6.45) is 4.00. The van der Waals surface area contributed by atoms with Crippen LogP contribution in [0.2, 0.25) is 5.02 Å². The van der Waals surface area contributed by atoms with Crippen molar-refractivity contribution in [3.05, 3.63) is 71.3 Å². The summed E-state index contributed by atoms with van der Waals surface area (Å²) >= 11 is 6.69. The maximum absolute atomic E-state index is 12.7. The molecule has 1 saturated heterocycles. The highest BCUT2D eigenvalue weighted by Gasteiger charge is 2.30. The molecule has 7 nitrogen and oxygen atoms in total. The molecule has 3 heterocycles. The number of imide groups is 1. The number of aromatic nitrogens is 2. The average molecular weight is 435 g/mol. The van der Waals surface area contributed by atoms with Crippen molar-refractivity contribution >= 4 is 35.0 Å². The summed E-state index contributed by atoms with van der Waals surface area (Å²) in [4.78, 5) is 42.3. The summed E-state index contributed by atoms with van der Waals surface area (Å²) in [5.74, 6) is -1.08. The summed E-state index contributed by atoms with van der Waals surface area (Å²) in [5, 5.41) is 2.89. The van der Waals surface area contributed by atoms with E-state index in [2.05, 4.69) is 10.3 Å². The van der Waals surface area contributed by atoms with Gasteiger partial charge in [0.2, 0.25) is 11.8 Å². The van der Waals surface area contributed by atoms with E-state index in [1.54, 1.807) is 17.4 Å². The number of benzene rings is 2. The van der Waals surface area contributed by atoms with Crippen molar-refractivity contribution < 1.29 is 14.4 Å². The second-order valence-electron chi connectivity index (χ2n) is 7.69. The highest BCUT2D eigenvalue weighted by Crippen LogP contribution is 2.37. The predicted octanol–water partition coefficient (Wildman–Crippen LogP) is 3.38. The van der Waals surface area contributed by atoms with Crippen LogP contribution in [0.25, 0.3) is 11.1 Å². The van der Waals surface area contributed by atoms with Gasteiger partial charge in [0.1, 0.15) is 5.69 Å². The van der Waals surface area contributed by atoms with E-state index in [1.165, 1.54) is 0 Å². The molecule has 0 radical (unpaired) electrons. The van der Waals surface area contributed by atoms with E-state index in [1.807, 2.05) is 47.0 Å². The Balaban J connectivity index is 1.42. The van der Waals surface area contributed by atoms with Gasteiger partial charge in [-0.1, -0.05) is 41.9 Å². The number of nitrogens with one attached hydrogen (secondary N) is 1. The van der Waals surface area contributed by atoms with Gasteiger partial charge in [0.25, 0.3) is 5.91 Å². The van der Waals surface area contributed by atoms with Gasteiger partial charge in [-0.2, -0.15) is 0 Å². The second kappa shape index (κ2) is 7.67. The predicted molar refractivity (Wildman–Crippen MR) is 116 cm³/mol. The Morgan fingerprint density at radius 3 is 2.61 bits per heavy atom. The molecule has 156 valence electrons. The number of amides is 3. The molecule has 0 aliphatic carbocycles. The molecule has 31 heavy (non-hydrogen) atoms. The van der Waals surface area contributed by atoms with E-state index in [0.717, 1.165) is 16.8 Å². The zero-order chi connectivity index (χ0) is 21.5. The number of fused-ring (bicyclic) bond motifs is 1. The molecule has 1 N–H and O–H groups in total. The molecule has 0 saturated carbocycles. The van der Waals surface area contributed by atoms with Crippen LogP contribution in [0.1, 0.15) is 34.8 Å². The summed E-state index contributed by atoms with van der Waals surface area (Å²) < 4.78 is 1.85. The minimum atomic E-state index is -0.444. The van der Waals surface area contributed by atoms with Crippen molar-refractivity contribution in [1.29, 1.82) is 0 Å². The third kappa shape index (κ3) is 3.41. The van der Waals surface area contributed by atoms with Crippen LogP contribution < -0.4 is 10.2 Å². The number of carbonyl (C=O) groups excluding carboxylic acids is 3. The number of rotatable bonds is 3. The lowest BCUT2D eigenvalue weighted by molar-refractivity contribution is -0.134. The second-order valence-corrected chi connectivity index (χ2v) is 8.07. The van der Waals surface area contributed by atoms with Crippen molar-refractivity contribution in [2.75, 3.05) is 11.4 Å². The summed E-state index contributed by atoms with van der Waals surface area (Å²) in [7, 11) is 0. The molecule has 5 rings (SSSR count). The number of anilines is 1. The van der Waals surface area contributed by atoms with Crippen molar-refractivity contribution in [2.24, 2.45) is 0 Å². The van der Waals surface area contributed by atoms with Crippen LogP contribution in [0.5, 0.6) is 0 Å². The van der Waals surface area contributed by atoms with Gasteiger partial charge in [-0.25, -0.2) is 4.98 Å². The van der Waals surface area contributed by atoms with E-state index in [-0.39, 0.29) is 17.7 Å². The summed E-state index contributed by atoms with van der Waals surface area (Å²) in [6, 6.07) is 13.2. The van der Waals surface area contributed by atoms with Crippen LogP contribution in [0.4, 0.5) is 5.69 Å². The highest BCUT2D eigenvalue weighted by molar-refractivity contribution is 6.34. The Morgan fingerprint density at radius 2 is 1.84 bits per heavy atom. The molecule has 8 heteroatoms. The van der Waals surface area contributed by atoms with E-state index >= 15 is 0 Å². The molecule has 3 aromatic rings. The minimum absolute atomic E-state index is 0.0746. The van der Waals surface area contributed by atoms with Gasteiger partial charge in [-0.15, -0.1) is 0 Å². The summed E-state index contributed by atoms with van der Waals surface area (Å²) in [5.41, 5.74) is 3.79. The first-order chi connectivity index (χ1) is 15.0. The Kier molecular flexibility index (Phi) is 4.82. The molecular formula is C23H19ClN4O3. The van der Waals surface area contributed by atoms with Crippen molar-refractivity contribution in [1.82, 2.24) is 14.9 Å². The standard InChI is InChI=1S/C23H19ClN4O3/c24-21-16(2-1-3-17(21)18-8-9-20(29)26-22(18)30)14-4-6-15(7-5-14)28-11-10-27-13-25-12-19(27)23(28)31/h1-7,12-13,18H,8-11H2,(H,26,29,30). The highest BCUT2D eigenvalue weighted by atomic mass is 35.5. The number of carbonyl (C=O) groups is 3. The van der Waals surface area contributed by atoms with E-state index < -0.39 is 5.92 Å². The first kappa shape index (κ1) is 19.5.